The summed E-state index contributed by atoms with van der Waals surface area (Å²) in [7, 11) is 0. The summed E-state index contributed by atoms with van der Waals surface area (Å²) >= 11 is 0. The third kappa shape index (κ3) is 5.40. The van der Waals surface area contributed by atoms with Crippen LogP contribution < -0.4 is 5.32 Å². The maximum absolute atomic E-state index is 12.9. The van der Waals surface area contributed by atoms with Gasteiger partial charge in [-0.25, -0.2) is 0 Å². The Morgan fingerprint density at radius 2 is 2.03 bits per heavy atom. The topological polar surface area (TPSA) is 67.2 Å². The SMILES string of the molecule is Cc1cc(C)n(CCCNC(=O)[C@H]2CC(=O)N(Cc3cccc(C(F)(F)F)c3)C2)n1. The molecule has 30 heavy (non-hydrogen) atoms. The van der Waals surface area contributed by atoms with Crippen molar-refractivity contribution in [3.8, 4) is 0 Å². The first kappa shape index (κ1) is 21.9. The number of aryl methyl sites for hydroxylation is 3. The first-order valence-electron chi connectivity index (χ1n) is 9.86. The monoisotopic (exact) mass is 422 g/mol. The highest BCUT2D eigenvalue weighted by Crippen LogP contribution is 2.30. The van der Waals surface area contributed by atoms with Crippen molar-refractivity contribution >= 4 is 11.8 Å². The lowest BCUT2D eigenvalue weighted by Crippen LogP contribution is -2.33. The Morgan fingerprint density at radius 1 is 1.27 bits per heavy atom. The van der Waals surface area contributed by atoms with Crippen LogP contribution in [0.25, 0.3) is 0 Å². The van der Waals surface area contributed by atoms with E-state index >= 15 is 0 Å². The first-order chi connectivity index (χ1) is 14.1. The van der Waals surface area contributed by atoms with Gasteiger partial charge in [0.1, 0.15) is 0 Å². The van der Waals surface area contributed by atoms with E-state index in [4.69, 9.17) is 0 Å². The fraction of sp³-hybridized carbons (Fsp3) is 0.476. The number of halogens is 3. The molecule has 2 aromatic rings. The van der Waals surface area contributed by atoms with Crippen molar-refractivity contribution in [2.24, 2.45) is 5.92 Å². The summed E-state index contributed by atoms with van der Waals surface area (Å²) in [5.41, 5.74) is 1.65. The molecule has 0 aliphatic carbocycles. The number of alkyl halides is 3. The molecule has 1 aliphatic heterocycles. The molecule has 0 radical (unpaired) electrons. The number of nitrogens with zero attached hydrogens (tertiary/aromatic N) is 3. The van der Waals surface area contributed by atoms with Gasteiger partial charge >= 0.3 is 6.18 Å². The van der Waals surface area contributed by atoms with E-state index in [1.54, 1.807) is 6.07 Å². The molecule has 1 saturated heterocycles. The van der Waals surface area contributed by atoms with Crippen LogP contribution >= 0.6 is 0 Å². The Balaban J connectivity index is 1.48. The van der Waals surface area contributed by atoms with Gasteiger partial charge in [-0.15, -0.1) is 0 Å². The van der Waals surface area contributed by atoms with Gasteiger partial charge in [0.15, 0.2) is 0 Å². The third-order valence-electron chi connectivity index (χ3n) is 5.16. The fourth-order valence-electron chi connectivity index (χ4n) is 3.65. The molecular weight excluding hydrogens is 397 g/mol. The molecule has 162 valence electrons. The number of benzene rings is 1. The maximum atomic E-state index is 12.9. The average Bonchev–Trinajstić information content (AvgIpc) is 3.19. The van der Waals surface area contributed by atoms with Gasteiger partial charge in [-0.1, -0.05) is 12.1 Å². The second-order valence-corrected chi connectivity index (χ2v) is 7.67. The molecule has 0 bridgehead atoms. The molecule has 2 amide bonds. The highest BCUT2D eigenvalue weighted by molar-refractivity contribution is 5.89. The summed E-state index contributed by atoms with van der Waals surface area (Å²) in [5, 5.41) is 7.21. The Labute approximate surface area is 173 Å². The summed E-state index contributed by atoms with van der Waals surface area (Å²) in [6.07, 6.45) is -3.65. The van der Waals surface area contributed by atoms with Crippen LogP contribution in [0.5, 0.6) is 0 Å². The minimum atomic E-state index is -4.43. The number of rotatable bonds is 7. The van der Waals surface area contributed by atoms with Crippen LogP contribution in [-0.4, -0.2) is 39.6 Å². The van der Waals surface area contributed by atoms with Crippen LogP contribution in [0, 0.1) is 19.8 Å². The molecule has 3 rings (SSSR count). The lowest BCUT2D eigenvalue weighted by Gasteiger charge is -2.17. The average molecular weight is 422 g/mol. The van der Waals surface area contributed by atoms with E-state index in [1.807, 2.05) is 24.6 Å². The highest BCUT2D eigenvalue weighted by Gasteiger charge is 2.35. The summed E-state index contributed by atoms with van der Waals surface area (Å²) in [4.78, 5) is 26.1. The van der Waals surface area contributed by atoms with Crippen molar-refractivity contribution in [2.45, 2.75) is 46.0 Å². The minimum Gasteiger partial charge on any atom is -0.356 e. The standard InChI is InChI=1S/C21H25F3N4O2/c1-14-9-15(2)28(26-14)8-4-7-25-20(30)17-11-19(29)27(13-17)12-16-5-3-6-18(10-16)21(22,23)24/h3,5-6,9-10,17H,4,7-8,11-13H2,1-2H3,(H,25,30)/t17-/m0/s1. The van der Waals surface area contributed by atoms with Crippen LogP contribution in [0.4, 0.5) is 13.2 Å². The van der Waals surface area contributed by atoms with Crippen LogP contribution in [0.15, 0.2) is 30.3 Å². The zero-order chi connectivity index (χ0) is 21.9. The molecule has 1 aromatic carbocycles. The summed E-state index contributed by atoms with van der Waals surface area (Å²) < 4.78 is 40.5. The van der Waals surface area contributed by atoms with Gasteiger partial charge in [0, 0.05) is 38.3 Å². The molecule has 9 heteroatoms. The zero-order valence-electron chi connectivity index (χ0n) is 17.0. The highest BCUT2D eigenvalue weighted by atomic mass is 19.4. The zero-order valence-corrected chi connectivity index (χ0v) is 17.0. The van der Waals surface area contributed by atoms with Gasteiger partial charge < -0.3 is 10.2 Å². The predicted octanol–water partition coefficient (Wildman–Crippen LogP) is 3.07. The number of amides is 2. The molecule has 0 spiro atoms. The molecule has 0 unspecified atom stereocenters. The molecule has 2 heterocycles. The van der Waals surface area contributed by atoms with Crippen molar-refractivity contribution in [3.63, 3.8) is 0 Å². The van der Waals surface area contributed by atoms with Crippen molar-refractivity contribution in [1.29, 1.82) is 0 Å². The Bertz CT molecular complexity index is 923. The van der Waals surface area contributed by atoms with Gasteiger partial charge in [0.05, 0.1) is 17.2 Å². The Morgan fingerprint density at radius 3 is 2.70 bits per heavy atom. The second-order valence-electron chi connectivity index (χ2n) is 7.67. The van der Waals surface area contributed by atoms with Gasteiger partial charge in [0.25, 0.3) is 0 Å². The molecule has 6 nitrogen and oxygen atoms in total. The molecule has 0 saturated carbocycles. The van der Waals surface area contributed by atoms with Crippen LogP contribution in [0.1, 0.15) is 35.4 Å². The predicted molar refractivity (Wildman–Crippen MR) is 104 cm³/mol. The van der Waals surface area contributed by atoms with Crippen molar-refractivity contribution in [2.75, 3.05) is 13.1 Å². The number of hydrogen-bond acceptors (Lipinski definition) is 3. The van der Waals surface area contributed by atoms with Crippen molar-refractivity contribution in [1.82, 2.24) is 20.0 Å². The minimum absolute atomic E-state index is 0.0600. The lowest BCUT2D eigenvalue weighted by molar-refractivity contribution is -0.137. The second kappa shape index (κ2) is 8.89. The largest absolute Gasteiger partial charge is 0.416 e. The number of aromatic nitrogens is 2. The quantitative estimate of drug-likeness (QED) is 0.698. The molecule has 1 aromatic heterocycles. The van der Waals surface area contributed by atoms with E-state index in [0.717, 1.165) is 23.5 Å². The molecule has 1 atom stereocenters. The maximum Gasteiger partial charge on any atom is 0.416 e. The van der Waals surface area contributed by atoms with E-state index in [-0.39, 0.29) is 31.3 Å². The normalized spacial score (nSPS) is 16.9. The smallest absolute Gasteiger partial charge is 0.356 e. The molecule has 1 aliphatic rings. The summed E-state index contributed by atoms with van der Waals surface area (Å²) in [6, 6.07) is 6.90. The number of carbonyl (C=O) groups is 2. The van der Waals surface area contributed by atoms with Crippen LogP contribution in [0.2, 0.25) is 0 Å². The van der Waals surface area contributed by atoms with E-state index in [0.29, 0.717) is 25.1 Å². The molecular formula is C21H25F3N4O2. The van der Waals surface area contributed by atoms with Gasteiger partial charge in [0.2, 0.25) is 11.8 Å². The van der Waals surface area contributed by atoms with Crippen molar-refractivity contribution in [3.05, 3.63) is 52.8 Å². The van der Waals surface area contributed by atoms with Gasteiger partial charge in [-0.2, -0.15) is 18.3 Å². The Kier molecular flexibility index (Phi) is 6.48. The number of hydrogen-bond donors (Lipinski definition) is 1. The number of likely N-dealkylation sites (tertiary alicyclic amines) is 1. The fourth-order valence-corrected chi connectivity index (χ4v) is 3.65. The first-order valence-corrected chi connectivity index (χ1v) is 9.86. The number of carbonyl (C=O) groups excluding carboxylic acids is 2. The Hall–Kier alpha value is -2.84. The third-order valence-corrected chi connectivity index (χ3v) is 5.16. The van der Waals surface area contributed by atoms with Crippen LogP contribution in [-0.2, 0) is 28.9 Å². The van der Waals surface area contributed by atoms with E-state index < -0.39 is 17.7 Å². The lowest BCUT2D eigenvalue weighted by atomic mass is 10.1. The summed E-state index contributed by atoms with van der Waals surface area (Å²) in [5.74, 6) is -0.921. The van der Waals surface area contributed by atoms with E-state index in [2.05, 4.69) is 10.4 Å². The summed E-state index contributed by atoms with van der Waals surface area (Å²) in [6.45, 7) is 5.32. The van der Waals surface area contributed by atoms with E-state index in [9.17, 15) is 22.8 Å². The van der Waals surface area contributed by atoms with E-state index in [1.165, 1.54) is 11.0 Å². The van der Waals surface area contributed by atoms with Gasteiger partial charge in [-0.05, 0) is 44.0 Å². The van der Waals surface area contributed by atoms with Crippen LogP contribution in [0.3, 0.4) is 0 Å². The van der Waals surface area contributed by atoms with Gasteiger partial charge in [-0.3, -0.25) is 14.3 Å². The number of nitrogens with one attached hydrogen (secondary N) is 1. The molecule has 1 fully saturated rings. The van der Waals surface area contributed by atoms with Crippen molar-refractivity contribution < 1.29 is 22.8 Å². The molecule has 1 N–H and O–H groups in total.